The highest BCUT2D eigenvalue weighted by atomic mass is 31.2. The number of phosphoric ester groups is 1. The number of carbonyl (C=O) groups is 2. The Bertz CT molecular complexity index is 709. The fraction of sp³-hybridized carbons (Fsp3) is 0.667. The molecule has 0 aliphatic heterocycles. The Morgan fingerprint density at radius 1 is 0.886 bits per heavy atom. The summed E-state index contributed by atoms with van der Waals surface area (Å²) in [4.78, 5) is 31.7. The van der Waals surface area contributed by atoms with Crippen LogP contribution in [0.4, 0.5) is 0 Å². The minimum atomic E-state index is -4.59. The molecule has 0 bridgehead atoms. The van der Waals surface area contributed by atoms with E-state index in [4.69, 9.17) is 15.6 Å². The molecule has 1 unspecified atom stereocenters. The second-order valence-electron chi connectivity index (χ2n) is 7.97. The van der Waals surface area contributed by atoms with Crippen molar-refractivity contribution < 1.29 is 43.0 Å². The molecule has 0 saturated heterocycles. The Labute approximate surface area is 208 Å². The molecular weight excluding hydrogens is 477 g/mol. The maximum absolute atomic E-state index is 11.7. The molecule has 0 aliphatic carbocycles. The Morgan fingerprint density at radius 3 is 2.00 bits per heavy atom. The number of carboxylic acid groups (broad SMARTS) is 1. The van der Waals surface area contributed by atoms with E-state index in [1.807, 2.05) is 0 Å². The summed E-state index contributed by atoms with van der Waals surface area (Å²) in [5.41, 5.74) is 5.15. The molecule has 11 heteroatoms. The number of phosphoric acid groups is 1. The minimum Gasteiger partial charge on any atom is -0.480 e. The summed E-state index contributed by atoms with van der Waals surface area (Å²) >= 11 is 0. The van der Waals surface area contributed by atoms with Crippen LogP contribution in [0.25, 0.3) is 0 Å². The maximum Gasteiger partial charge on any atom is 0.472 e. The van der Waals surface area contributed by atoms with Crippen LogP contribution in [0.2, 0.25) is 0 Å². The number of ether oxygens (including phenoxy) is 1. The van der Waals surface area contributed by atoms with Crippen molar-refractivity contribution >= 4 is 19.8 Å². The standard InChI is InChI=1S/C24H42NO9P/c1-2-3-4-5-6-7-8-9-10-11-12-13-14-15-16-17-23(27)32-18-21(26)19-33-35(30,31)34-20-22(25)24(28)29/h6-7,9-10,12-13,21-22,26H,2-5,8,11,14-20,25H2,1H3,(H,28,29)(H,30,31)/b7-6-,10-9-,13-12-/t21-,22+/m1/s1. The Kier molecular flexibility index (Phi) is 20.4. The zero-order chi connectivity index (χ0) is 26.4. The average molecular weight is 520 g/mol. The van der Waals surface area contributed by atoms with Crippen LogP contribution in [-0.4, -0.2) is 59.0 Å². The summed E-state index contributed by atoms with van der Waals surface area (Å²) in [6, 6.07) is -1.49. The second kappa shape index (κ2) is 21.5. The molecule has 0 rings (SSSR count). The normalized spacial score (nSPS) is 15.5. The number of carbonyl (C=O) groups excluding carboxylic acids is 1. The molecule has 0 aromatic carbocycles. The van der Waals surface area contributed by atoms with Crippen molar-refractivity contribution in [2.45, 2.75) is 83.3 Å². The lowest BCUT2D eigenvalue weighted by Gasteiger charge is -2.16. The van der Waals surface area contributed by atoms with Gasteiger partial charge in [-0.25, -0.2) is 4.57 Å². The largest absolute Gasteiger partial charge is 0.480 e. The zero-order valence-corrected chi connectivity index (χ0v) is 21.5. The lowest BCUT2D eigenvalue weighted by atomic mass is 10.1. The van der Waals surface area contributed by atoms with Crippen LogP contribution in [0, 0.1) is 0 Å². The van der Waals surface area contributed by atoms with Crippen LogP contribution in [0.5, 0.6) is 0 Å². The van der Waals surface area contributed by atoms with Gasteiger partial charge in [0.2, 0.25) is 0 Å². The highest BCUT2D eigenvalue weighted by molar-refractivity contribution is 7.47. The first-order valence-corrected chi connectivity index (χ1v) is 13.6. The summed E-state index contributed by atoms with van der Waals surface area (Å²) < 4.78 is 25.4. The number of aliphatic carboxylic acids is 1. The maximum atomic E-state index is 11.7. The number of unbranched alkanes of at least 4 members (excludes halogenated alkanes) is 5. The van der Waals surface area contributed by atoms with Crippen molar-refractivity contribution in [3.8, 4) is 0 Å². The molecule has 0 aromatic rings. The Balaban J connectivity index is 3.75. The van der Waals surface area contributed by atoms with E-state index in [2.05, 4.69) is 52.4 Å². The van der Waals surface area contributed by atoms with Gasteiger partial charge in [0.1, 0.15) is 18.8 Å². The predicted octanol–water partition coefficient (Wildman–Crippen LogP) is 4.03. The second-order valence-corrected chi connectivity index (χ2v) is 9.42. The van der Waals surface area contributed by atoms with Gasteiger partial charge in [0, 0.05) is 6.42 Å². The monoisotopic (exact) mass is 519 g/mol. The van der Waals surface area contributed by atoms with Gasteiger partial charge in [-0.15, -0.1) is 0 Å². The number of carboxylic acids is 1. The number of hydrogen-bond acceptors (Lipinski definition) is 8. The molecule has 0 fully saturated rings. The number of rotatable bonds is 22. The number of allylic oxidation sites excluding steroid dienone is 6. The molecule has 0 aliphatic rings. The van der Waals surface area contributed by atoms with E-state index in [0.29, 0.717) is 6.42 Å². The van der Waals surface area contributed by atoms with Crippen molar-refractivity contribution in [2.75, 3.05) is 19.8 Å². The van der Waals surface area contributed by atoms with Crippen molar-refractivity contribution in [3.05, 3.63) is 36.5 Å². The summed E-state index contributed by atoms with van der Waals surface area (Å²) in [7, 11) is -4.59. The van der Waals surface area contributed by atoms with Crippen LogP contribution in [-0.2, 0) is 27.9 Å². The molecule has 0 aromatic heterocycles. The van der Waals surface area contributed by atoms with Gasteiger partial charge >= 0.3 is 19.8 Å². The number of aliphatic hydroxyl groups is 1. The predicted molar refractivity (Wildman–Crippen MR) is 134 cm³/mol. The minimum absolute atomic E-state index is 0.195. The summed E-state index contributed by atoms with van der Waals surface area (Å²) in [6.07, 6.45) is 20.8. The van der Waals surface area contributed by atoms with E-state index in [9.17, 15) is 24.2 Å². The van der Waals surface area contributed by atoms with Crippen molar-refractivity contribution in [2.24, 2.45) is 5.73 Å². The van der Waals surface area contributed by atoms with Crippen molar-refractivity contribution in [1.82, 2.24) is 0 Å². The molecule has 202 valence electrons. The van der Waals surface area contributed by atoms with E-state index in [1.54, 1.807) is 0 Å². The van der Waals surface area contributed by atoms with Gasteiger partial charge in [-0.3, -0.25) is 18.6 Å². The third-order valence-electron chi connectivity index (χ3n) is 4.62. The third-order valence-corrected chi connectivity index (χ3v) is 5.57. The van der Waals surface area contributed by atoms with Crippen LogP contribution in [0.1, 0.15) is 71.1 Å². The molecule has 0 radical (unpaired) electrons. The first-order valence-electron chi connectivity index (χ1n) is 12.1. The van der Waals surface area contributed by atoms with Gasteiger partial charge in [-0.1, -0.05) is 56.2 Å². The van der Waals surface area contributed by atoms with Gasteiger partial charge in [-0.05, 0) is 44.9 Å². The first kappa shape index (κ1) is 33.2. The van der Waals surface area contributed by atoms with Gasteiger partial charge in [0.25, 0.3) is 0 Å². The molecule has 3 atom stereocenters. The van der Waals surface area contributed by atoms with Gasteiger partial charge in [-0.2, -0.15) is 0 Å². The summed E-state index contributed by atoms with van der Waals surface area (Å²) in [5.74, 6) is -1.90. The zero-order valence-electron chi connectivity index (χ0n) is 20.6. The SMILES string of the molecule is CCCCC/C=C\C/C=C\C/C=C\CCCCC(=O)OC[C@@H](O)COP(=O)(O)OC[C@H](N)C(=O)O. The smallest absolute Gasteiger partial charge is 0.472 e. The van der Waals surface area contributed by atoms with Gasteiger partial charge in [0.05, 0.1) is 13.2 Å². The molecular formula is C24H42NO9P. The molecule has 10 nitrogen and oxygen atoms in total. The fourth-order valence-electron chi connectivity index (χ4n) is 2.59. The van der Waals surface area contributed by atoms with Gasteiger partial charge in [0.15, 0.2) is 0 Å². The molecule has 0 spiro atoms. The number of aliphatic hydroxyl groups excluding tert-OH is 1. The van der Waals surface area contributed by atoms with E-state index >= 15 is 0 Å². The Morgan fingerprint density at radius 2 is 1.43 bits per heavy atom. The van der Waals surface area contributed by atoms with Crippen molar-refractivity contribution in [1.29, 1.82) is 0 Å². The topological polar surface area (TPSA) is 166 Å². The van der Waals surface area contributed by atoms with Crippen LogP contribution in [0.15, 0.2) is 36.5 Å². The summed E-state index contributed by atoms with van der Waals surface area (Å²) in [5, 5.41) is 18.3. The first-order chi connectivity index (χ1) is 16.7. The molecule has 0 heterocycles. The lowest BCUT2D eigenvalue weighted by Crippen LogP contribution is -2.34. The van der Waals surface area contributed by atoms with E-state index in [-0.39, 0.29) is 6.42 Å². The fourth-order valence-corrected chi connectivity index (χ4v) is 3.38. The molecule has 5 N–H and O–H groups in total. The van der Waals surface area contributed by atoms with Gasteiger partial charge < -0.3 is 25.6 Å². The highest BCUT2D eigenvalue weighted by Gasteiger charge is 2.26. The van der Waals surface area contributed by atoms with Crippen LogP contribution < -0.4 is 5.73 Å². The number of hydrogen-bond donors (Lipinski definition) is 4. The number of esters is 1. The van der Waals surface area contributed by atoms with Crippen LogP contribution >= 0.6 is 7.82 Å². The van der Waals surface area contributed by atoms with Crippen molar-refractivity contribution in [3.63, 3.8) is 0 Å². The van der Waals surface area contributed by atoms with E-state index in [1.165, 1.54) is 19.3 Å². The third kappa shape index (κ3) is 22.4. The molecule has 35 heavy (non-hydrogen) atoms. The molecule has 0 saturated carbocycles. The quantitative estimate of drug-likeness (QED) is 0.0710. The molecule has 0 amide bonds. The highest BCUT2D eigenvalue weighted by Crippen LogP contribution is 2.43. The number of nitrogens with two attached hydrogens (primary N) is 1. The Hall–Kier alpha value is -1.81. The summed E-state index contributed by atoms with van der Waals surface area (Å²) in [6.45, 7) is 0.413. The lowest BCUT2D eigenvalue weighted by molar-refractivity contribution is -0.147. The van der Waals surface area contributed by atoms with Crippen LogP contribution in [0.3, 0.4) is 0 Å². The van der Waals surface area contributed by atoms with E-state index in [0.717, 1.165) is 32.1 Å². The average Bonchev–Trinajstić information content (AvgIpc) is 2.82. The van der Waals surface area contributed by atoms with E-state index < -0.39 is 51.7 Å².